The Kier molecular flexibility index (Phi) is 5.86. The lowest BCUT2D eigenvalue weighted by molar-refractivity contribution is 0.202. The van der Waals surface area contributed by atoms with Crippen molar-refractivity contribution < 1.29 is 4.74 Å². The van der Waals surface area contributed by atoms with Gasteiger partial charge in [-0.15, -0.1) is 0 Å². The summed E-state index contributed by atoms with van der Waals surface area (Å²) in [4.78, 5) is 2.54. The number of benzene rings is 1. The molecule has 1 fully saturated rings. The number of anilines is 1. The summed E-state index contributed by atoms with van der Waals surface area (Å²) < 4.78 is 5.23. The van der Waals surface area contributed by atoms with Crippen molar-refractivity contribution in [2.24, 2.45) is 5.92 Å². The zero-order valence-electron chi connectivity index (χ0n) is 13.1. The van der Waals surface area contributed by atoms with Crippen LogP contribution in [0.3, 0.4) is 0 Å². The summed E-state index contributed by atoms with van der Waals surface area (Å²) in [5, 5.41) is 3.67. The summed E-state index contributed by atoms with van der Waals surface area (Å²) >= 11 is 0. The van der Waals surface area contributed by atoms with Gasteiger partial charge in [0.1, 0.15) is 0 Å². The maximum Gasteiger partial charge on any atom is 0.0503 e. The van der Waals surface area contributed by atoms with E-state index >= 15 is 0 Å². The first kappa shape index (κ1) is 15.3. The van der Waals surface area contributed by atoms with Crippen LogP contribution in [-0.4, -0.2) is 39.4 Å². The number of hydrogen-bond donors (Lipinski definition) is 1. The molecule has 0 amide bonds. The molecule has 0 saturated carbocycles. The zero-order valence-corrected chi connectivity index (χ0v) is 13.1. The minimum absolute atomic E-state index is 0.601. The predicted molar refractivity (Wildman–Crippen MR) is 85.5 cm³/mol. The smallest absolute Gasteiger partial charge is 0.0503 e. The summed E-state index contributed by atoms with van der Waals surface area (Å²) in [5.74, 6) is 0.726. The molecule has 3 nitrogen and oxygen atoms in total. The quantitative estimate of drug-likeness (QED) is 0.864. The van der Waals surface area contributed by atoms with E-state index in [9.17, 15) is 0 Å². The SMILES string of the molecule is CCC(C)C1CN(c2ccccc2CCOC)CCN1. The van der Waals surface area contributed by atoms with E-state index in [0.29, 0.717) is 6.04 Å². The molecule has 20 heavy (non-hydrogen) atoms. The van der Waals surface area contributed by atoms with Crippen LogP contribution in [0.25, 0.3) is 0 Å². The highest BCUT2D eigenvalue weighted by Gasteiger charge is 2.24. The van der Waals surface area contributed by atoms with Gasteiger partial charge in [0, 0.05) is 38.5 Å². The van der Waals surface area contributed by atoms with Crippen molar-refractivity contribution in [3.63, 3.8) is 0 Å². The summed E-state index contributed by atoms with van der Waals surface area (Å²) in [6.45, 7) is 8.69. The van der Waals surface area contributed by atoms with Crippen LogP contribution in [-0.2, 0) is 11.2 Å². The summed E-state index contributed by atoms with van der Waals surface area (Å²) in [7, 11) is 1.77. The Labute approximate surface area is 123 Å². The topological polar surface area (TPSA) is 24.5 Å². The third kappa shape index (κ3) is 3.74. The van der Waals surface area contributed by atoms with Crippen molar-refractivity contribution in [2.75, 3.05) is 38.3 Å². The molecule has 2 atom stereocenters. The van der Waals surface area contributed by atoms with Gasteiger partial charge in [0.05, 0.1) is 6.61 Å². The van der Waals surface area contributed by atoms with E-state index in [1.165, 1.54) is 17.7 Å². The minimum Gasteiger partial charge on any atom is -0.384 e. The molecule has 112 valence electrons. The van der Waals surface area contributed by atoms with Crippen LogP contribution in [0, 0.1) is 5.92 Å². The number of nitrogens with one attached hydrogen (secondary N) is 1. The molecule has 3 heteroatoms. The Hall–Kier alpha value is -1.06. The van der Waals surface area contributed by atoms with E-state index in [1.54, 1.807) is 7.11 Å². The molecular weight excluding hydrogens is 248 g/mol. The second-order valence-corrected chi connectivity index (χ2v) is 5.76. The number of para-hydroxylation sites is 1. The van der Waals surface area contributed by atoms with Gasteiger partial charge in [-0.05, 0) is 24.0 Å². The Balaban J connectivity index is 2.10. The highest BCUT2D eigenvalue weighted by atomic mass is 16.5. The van der Waals surface area contributed by atoms with Crippen molar-refractivity contribution in [2.45, 2.75) is 32.7 Å². The van der Waals surface area contributed by atoms with Crippen LogP contribution in [0.2, 0.25) is 0 Å². The lowest BCUT2D eigenvalue weighted by atomic mass is 9.96. The van der Waals surface area contributed by atoms with Crippen molar-refractivity contribution in [3.8, 4) is 0 Å². The Morgan fingerprint density at radius 2 is 2.20 bits per heavy atom. The lowest BCUT2D eigenvalue weighted by Gasteiger charge is -2.38. The summed E-state index contributed by atoms with van der Waals surface area (Å²) in [5.41, 5.74) is 2.79. The Morgan fingerprint density at radius 1 is 1.40 bits per heavy atom. The molecule has 1 aliphatic heterocycles. The highest BCUT2D eigenvalue weighted by molar-refractivity contribution is 5.54. The fourth-order valence-electron chi connectivity index (χ4n) is 2.91. The van der Waals surface area contributed by atoms with E-state index in [0.717, 1.165) is 38.6 Å². The number of hydrogen-bond acceptors (Lipinski definition) is 3. The van der Waals surface area contributed by atoms with Crippen molar-refractivity contribution >= 4 is 5.69 Å². The van der Waals surface area contributed by atoms with Gasteiger partial charge in [0.2, 0.25) is 0 Å². The fourth-order valence-corrected chi connectivity index (χ4v) is 2.91. The maximum atomic E-state index is 5.23. The first-order valence-corrected chi connectivity index (χ1v) is 7.81. The van der Waals surface area contributed by atoms with E-state index in [4.69, 9.17) is 4.74 Å². The molecule has 1 saturated heterocycles. The monoisotopic (exact) mass is 276 g/mol. The number of rotatable bonds is 6. The molecule has 1 aliphatic rings. The van der Waals surface area contributed by atoms with Gasteiger partial charge in [0.15, 0.2) is 0 Å². The molecule has 1 aromatic rings. The van der Waals surface area contributed by atoms with Crippen molar-refractivity contribution in [1.29, 1.82) is 0 Å². The summed E-state index contributed by atoms with van der Waals surface area (Å²) in [6, 6.07) is 9.36. The normalized spacial score (nSPS) is 20.9. The standard InChI is InChI=1S/C17H28N2O/c1-4-14(2)16-13-19(11-10-18-16)17-8-6-5-7-15(17)9-12-20-3/h5-8,14,16,18H,4,9-13H2,1-3H3. The third-order valence-corrected chi connectivity index (χ3v) is 4.44. The van der Waals surface area contributed by atoms with Gasteiger partial charge < -0.3 is 15.0 Å². The molecule has 2 unspecified atom stereocenters. The second kappa shape index (κ2) is 7.65. The van der Waals surface area contributed by atoms with Crippen molar-refractivity contribution in [1.82, 2.24) is 5.32 Å². The zero-order chi connectivity index (χ0) is 14.4. The van der Waals surface area contributed by atoms with Crippen LogP contribution in [0.4, 0.5) is 5.69 Å². The molecular formula is C17H28N2O. The van der Waals surface area contributed by atoms with Crippen LogP contribution < -0.4 is 10.2 Å². The van der Waals surface area contributed by atoms with Crippen LogP contribution in [0.5, 0.6) is 0 Å². The molecule has 0 aromatic heterocycles. The molecule has 1 N–H and O–H groups in total. The Bertz CT molecular complexity index is 408. The van der Waals surface area contributed by atoms with E-state index in [2.05, 4.69) is 48.3 Å². The lowest BCUT2D eigenvalue weighted by Crippen LogP contribution is -2.53. The number of piperazine rings is 1. The highest BCUT2D eigenvalue weighted by Crippen LogP contribution is 2.24. The first-order chi connectivity index (χ1) is 9.76. The molecule has 0 aliphatic carbocycles. The molecule has 0 bridgehead atoms. The van der Waals surface area contributed by atoms with E-state index in [1.807, 2.05) is 0 Å². The van der Waals surface area contributed by atoms with Gasteiger partial charge >= 0.3 is 0 Å². The fraction of sp³-hybridized carbons (Fsp3) is 0.647. The molecule has 0 radical (unpaired) electrons. The van der Waals surface area contributed by atoms with Crippen LogP contribution in [0.1, 0.15) is 25.8 Å². The summed E-state index contributed by atoms with van der Waals surface area (Å²) in [6.07, 6.45) is 2.22. The largest absolute Gasteiger partial charge is 0.384 e. The average molecular weight is 276 g/mol. The Morgan fingerprint density at radius 3 is 2.95 bits per heavy atom. The van der Waals surface area contributed by atoms with Crippen LogP contribution >= 0.6 is 0 Å². The first-order valence-electron chi connectivity index (χ1n) is 7.81. The molecule has 1 aromatic carbocycles. The number of methoxy groups -OCH3 is 1. The second-order valence-electron chi connectivity index (χ2n) is 5.76. The molecule has 0 spiro atoms. The predicted octanol–water partition coefficient (Wildman–Crippen LogP) is 2.70. The van der Waals surface area contributed by atoms with E-state index in [-0.39, 0.29) is 0 Å². The molecule has 1 heterocycles. The van der Waals surface area contributed by atoms with E-state index < -0.39 is 0 Å². The number of ether oxygens (including phenoxy) is 1. The average Bonchev–Trinajstić information content (AvgIpc) is 2.52. The van der Waals surface area contributed by atoms with Gasteiger partial charge in [0.25, 0.3) is 0 Å². The van der Waals surface area contributed by atoms with Crippen LogP contribution in [0.15, 0.2) is 24.3 Å². The van der Waals surface area contributed by atoms with Gasteiger partial charge in [-0.1, -0.05) is 38.5 Å². The minimum atomic E-state index is 0.601. The number of nitrogens with zero attached hydrogens (tertiary/aromatic N) is 1. The maximum absolute atomic E-state index is 5.23. The van der Waals surface area contributed by atoms with Gasteiger partial charge in [-0.2, -0.15) is 0 Å². The van der Waals surface area contributed by atoms with Gasteiger partial charge in [-0.25, -0.2) is 0 Å². The molecule has 2 rings (SSSR count). The van der Waals surface area contributed by atoms with Crippen molar-refractivity contribution in [3.05, 3.63) is 29.8 Å². The third-order valence-electron chi connectivity index (χ3n) is 4.44. The van der Waals surface area contributed by atoms with Gasteiger partial charge in [-0.3, -0.25) is 0 Å².